The highest BCUT2D eigenvalue weighted by molar-refractivity contribution is 7.93. The van der Waals surface area contributed by atoms with Crippen molar-refractivity contribution in [1.29, 1.82) is 0 Å². The number of hydrogen-bond donors (Lipinski definition) is 0. The summed E-state index contributed by atoms with van der Waals surface area (Å²) in [5, 5.41) is 4.21. The van der Waals surface area contributed by atoms with E-state index in [9.17, 15) is 13.8 Å². The third kappa shape index (κ3) is 3.82. The standard InChI is InChI=1S/C20H21N5O4S/c1-13-16(12-29-23-13)20(27)25-10-6-15(7-11-25)30(2,28)24-19(26)18-17-14(5-9-22-18)4-3-8-21-17/h3-5,8-9,12,15H,6-7,10-11H2,1-2H3. The Hall–Kier alpha value is -3.14. The van der Waals surface area contributed by atoms with Crippen LogP contribution in [0.2, 0.25) is 0 Å². The molecule has 1 aliphatic rings. The van der Waals surface area contributed by atoms with Crippen LogP contribution >= 0.6 is 0 Å². The van der Waals surface area contributed by atoms with E-state index in [4.69, 9.17) is 4.52 Å². The summed E-state index contributed by atoms with van der Waals surface area (Å²) >= 11 is 0. The van der Waals surface area contributed by atoms with Gasteiger partial charge in [0, 0.05) is 42.4 Å². The van der Waals surface area contributed by atoms with Crippen LogP contribution < -0.4 is 0 Å². The molecule has 4 heterocycles. The van der Waals surface area contributed by atoms with E-state index in [2.05, 4.69) is 19.5 Å². The molecular weight excluding hydrogens is 406 g/mol. The lowest BCUT2D eigenvalue weighted by molar-refractivity contribution is 0.0724. The summed E-state index contributed by atoms with van der Waals surface area (Å²) < 4.78 is 22.1. The lowest BCUT2D eigenvalue weighted by atomic mass is 10.1. The first kappa shape index (κ1) is 20.1. The average Bonchev–Trinajstić information content (AvgIpc) is 3.18. The van der Waals surface area contributed by atoms with Crippen LogP contribution in [0.1, 0.15) is 39.4 Å². The molecule has 3 aromatic rings. The number of carbonyl (C=O) groups excluding carboxylic acids is 2. The Morgan fingerprint density at radius 1 is 1.20 bits per heavy atom. The summed E-state index contributed by atoms with van der Waals surface area (Å²) in [5.74, 6) is -0.792. The van der Waals surface area contributed by atoms with E-state index < -0.39 is 15.6 Å². The summed E-state index contributed by atoms with van der Waals surface area (Å²) in [4.78, 5) is 35.3. The van der Waals surface area contributed by atoms with Crippen molar-refractivity contribution in [1.82, 2.24) is 20.0 Å². The number of fused-ring (bicyclic) bond motifs is 1. The number of rotatable bonds is 3. The monoisotopic (exact) mass is 427 g/mol. The van der Waals surface area contributed by atoms with E-state index in [1.165, 1.54) is 18.7 Å². The van der Waals surface area contributed by atoms with Crippen LogP contribution in [-0.4, -0.2) is 60.6 Å². The lowest BCUT2D eigenvalue weighted by Gasteiger charge is -2.32. The molecule has 1 aliphatic heterocycles. The Morgan fingerprint density at radius 3 is 2.67 bits per heavy atom. The van der Waals surface area contributed by atoms with Crippen molar-refractivity contribution in [3.63, 3.8) is 0 Å². The first-order chi connectivity index (χ1) is 14.4. The van der Waals surface area contributed by atoms with Gasteiger partial charge in [-0.25, -0.2) is 9.19 Å². The zero-order chi connectivity index (χ0) is 21.3. The maximum absolute atomic E-state index is 13.3. The molecule has 1 unspecified atom stereocenters. The summed E-state index contributed by atoms with van der Waals surface area (Å²) in [7, 11) is -2.82. The molecule has 30 heavy (non-hydrogen) atoms. The molecule has 0 radical (unpaired) electrons. The number of aryl methyl sites for hydroxylation is 1. The van der Waals surface area contributed by atoms with Gasteiger partial charge in [-0.2, -0.15) is 4.36 Å². The minimum Gasteiger partial charge on any atom is -0.364 e. The van der Waals surface area contributed by atoms with Crippen LogP contribution in [0.4, 0.5) is 0 Å². The van der Waals surface area contributed by atoms with Crippen molar-refractivity contribution in [2.45, 2.75) is 25.0 Å². The van der Waals surface area contributed by atoms with Gasteiger partial charge < -0.3 is 9.42 Å². The third-order valence-corrected chi connectivity index (χ3v) is 7.55. The number of pyridine rings is 2. The predicted octanol–water partition coefficient (Wildman–Crippen LogP) is 2.47. The van der Waals surface area contributed by atoms with Crippen LogP contribution in [0.15, 0.2) is 45.7 Å². The van der Waals surface area contributed by atoms with E-state index >= 15 is 0 Å². The molecule has 0 saturated carbocycles. The molecule has 1 fully saturated rings. The van der Waals surface area contributed by atoms with Gasteiger partial charge in [-0.15, -0.1) is 0 Å². The third-order valence-electron chi connectivity index (χ3n) is 5.32. The van der Waals surface area contributed by atoms with Gasteiger partial charge in [-0.1, -0.05) is 11.2 Å². The molecule has 3 aromatic heterocycles. The van der Waals surface area contributed by atoms with Crippen LogP contribution in [0.5, 0.6) is 0 Å². The molecule has 0 aromatic carbocycles. The molecule has 9 nitrogen and oxygen atoms in total. The van der Waals surface area contributed by atoms with E-state index in [0.29, 0.717) is 42.7 Å². The number of carbonyl (C=O) groups is 2. The van der Waals surface area contributed by atoms with Crippen molar-refractivity contribution in [2.75, 3.05) is 19.3 Å². The Kier molecular flexibility index (Phi) is 5.33. The maximum Gasteiger partial charge on any atom is 0.305 e. The normalized spacial score (nSPS) is 16.9. The van der Waals surface area contributed by atoms with E-state index in [1.807, 2.05) is 6.07 Å². The van der Waals surface area contributed by atoms with E-state index in [-0.39, 0.29) is 16.9 Å². The Morgan fingerprint density at radius 2 is 1.97 bits per heavy atom. The minimum atomic E-state index is -2.82. The van der Waals surface area contributed by atoms with Gasteiger partial charge in [0.15, 0.2) is 5.69 Å². The maximum atomic E-state index is 13.3. The Balaban J connectivity index is 1.51. The summed E-state index contributed by atoms with van der Waals surface area (Å²) in [6.45, 7) is 2.57. The quantitative estimate of drug-likeness (QED) is 0.630. The fourth-order valence-corrected chi connectivity index (χ4v) is 5.26. The molecule has 1 atom stereocenters. The Bertz CT molecular complexity index is 1230. The molecule has 4 rings (SSSR count). The topological polar surface area (TPSA) is 119 Å². The molecule has 0 aliphatic carbocycles. The second kappa shape index (κ2) is 7.94. The van der Waals surface area contributed by atoms with Crippen molar-refractivity contribution < 1.29 is 18.3 Å². The molecule has 0 bridgehead atoms. The van der Waals surface area contributed by atoms with Gasteiger partial charge in [0.05, 0.1) is 15.4 Å². The zero-order valence-corrected chi connectivity index (χ0v) is 17.5. The SMILES string of the molecule is Cc1nocc1C(=O)N1CCC(S(C)(=O)=NC(=O)c2nccc3cccnc23)CC1. The fraction of sp³-hybridized carbons (Fsp3) is 0.350. The van der Waals surface area contributed by atoms with Crippen LogP contribution in [0.3, 0.4) is 0 Å². The van der Waals surface area contributed by atoms with Gasteiger partial charge in [0.25, 0.3) is 5.91 Å². The smallest absolute Gasteiger partial charge is 0.305 e. The van der Waals surface area contributed by atoms with Gasteiger partial charge in [-0.05, 0) is 31.9 Å². The molecule has 0 N–H and O–H groups in total. The number of piperidine rings is 1. The van der Waals surface area contributed by atoms with Gasteiger partial charge >= 0.3 is 5.91 Å². The molecule has 2 amide bonds. The van der Waals surface area contributed by atoms with E-state index in [0.717, 1.165) is 5.39 Å². The van der Waals surface area contributed by atoms with Crippen molar-refractivity contribution >= 4 is 32.4 Å². The predicted molar refractivity (Wildman–Crippen MR) is 111 cm³/mol. The molecule has 156 valence electrons. The number of nitrogens with zero attached hydrogens (tertiary/aromatic N) is 5. The summed E-state index contributed by atoms with van der Waals surface area (Å²) in [6, 6.07) is 5.35. The largest absolute Gasteiger partial charge is 0.364 e. The summed E-state index contributed by atoms with van der Waals surface area (Å²) in [5.41, 5.74) is 1.50. The molecule has 0 spiro atoms. The first-order valence-electron chi connectivity index (χ1n) is 9.52. The number of amides is 2. The fourth-order valence-electron chi connectivity index (χ4n) is 3.61. The van der Waals surface area contributed by atoms with Crippen molar-refractivity contribution in [2.24, 2.45) is 4.36 Å². The highest BCUT2D eigenvalue weighted by Crippen LogP contribution is 2.22. The minimum absolute atomic E-state index is 0.0956. The van der Waals surface area contributed by atoms with Gasteiger partial charge in [-0.3, -0.25) is 14.6 Å². The van der Waals surface area contributed by atoms with Crippen LogP contribution in [0.25, 0.3) is 10.9 Å². The highest BCUT2D eigenvalue weighted by Gasteiger charge is 2.30. The van der Waals surface area contributed by atoms with Crippen molar-refractivity contribution in [3.05, 3.63) is 53.8 Å². The first-order valence-corrected chi connectivity index (χ1v) is 11.5. The lowest BCUT2D eigenvalue weighted by Crippen LogP contribution is -2.42. The second-order valence-electron chi connectivity index (χ2n) is 7.30. The summed E-state index contributed by atoms with van der Waals surface area (Å²) in [6.07, 6.45) is 6.91. The van der Waals surface area contributed by atoms with Gasteiger partial charge in [0.1, 0.15) is 17.3 Å². The Labute approximate surface area is 173 Å². The van der Waals surface area contributed by atoms with Crippen molar-refractivity contribution in [3.8, 4) is 0 Å². The highest BCUT2D eigenvalue weighted by atomic mass is 32.2. The van der Waals surface area contributed by atoms with Gasteiger partial charge in [0.2, 0.25) is 0 Å². The van der Waals surface area contributed by atoms with Crippen LogP contribution in [-0.2, 0) is 9.73 Å². The number of hydrogen-bond acceptors (Lipinski definition) is 7. The second-order valence-corrected chi connectivity index (χ2v) is 9.87. The average molecular weight is 427 g/mol. The van der Waals surface area contributed by atoms with E-state index in [1.54, 1.807) is 30.2 Å². The zero-order valence-electron chi connectivity index (χ0n) is 16.6. The molecular formula is C20H21N5O4S. The van der Waals surface area contributed by atoms with Crippen LogP contribution in [0, 0.1) is 6.92 Å². The number of aromatic nitrogens is 3. The molecule has 1 saturated heterocycles. The molecule has 10 heteroatoms. The number of likely N-dealkylation sites (tertiary alicyclic amines) is 1.